The lowest BCUT2D eigenvalue weighted by Crippen LogP contribution is -2.31. The third kappa shape index (κ3) is 3.45. The summed E-state index contributed by atoms with van der Waals surface area (Å²) in [5.41, 5.74) is 0.981. The van der Waals surface area contributed by atoms with Crippen LogP contribution in [0.4, 0.5) is 0 Å². The summed E-state index contributed by atoms with van der Waals surface area (Å²) in [6, 6.07) is 6.66. The lowest BCUT2D eigenvalue weighted by molar-refractivity contribution is 0.0941. The van der Waals surface area contributed by atoms with Crippen LogP contribution in [0.2, 0.25) is 0 Å². The van der Waals surface area contributed by atoms with Crippen LogP contribution >= 0.6 is 0 Å². The van der Waals surface area contributed by atoms with Crippen molar-refractivity contribution < 1.29 is 17.9 Å². The van der Waals surface area contributed by atoms with Crippen molar-refractivity contribution in [1.82, 2.24) is 14.1 Å². The monoisotopic (exact) mass is 365 g/mol. The van der Waals surface area contributed by atoms with E-state index >= 15 is 0 Å². The fourth-order valence-electron chi connectivity index (χ4n) is 2.77. The molecular formula is C17H23N3O4S. The minimum absolute atomic E-state index is 0.0902. The minimum atomic E-state index is -3.70. The second-order valence-electron chi connectivity index (χ2n) is 5.54. The second kappa shape index (κ2) is 7.37. The number of carbonyl (C=O) groups excluding carboxylic acids is 1. The van der Waals surface area contributed by atoms with Gasteiger partial charge in [-0.05, 0) is 32.0 Å². The van der Waals surface area contributed by atoms with Gasteiger partial charge in [0.15, 0.2) is 0 Å². The van der Waals surface area contributed by atoms with E-state index in [0.717, 1.165) is 4.68 Å². The van der Waals surface area contributed by atoms with E-state index in [2.05, 4.69) is 5.10 Å². The van der Waals surface area contributed by atoms with Crippen LogP contribution < -0.4 is 4.74 Å². The van der Waals surface area contributed by atoms with Crippen molar-refractivity contribution in [2.24, 2.45) is 0 Å². The number of hydrogen-bond donors (Lipinski definition) is 0. The van der Waals surface area contributed by atoms with Gasteiger partial charge < -0.3 is 4.74 Å². The molecule has 1 heterocycles. The number of aryl methyl sites for hydroxylation is 1. The Labute approximate surface area is 148 Å². The van der Waals surface area contributed by atoms with E-state index in [-0.39, 0.29) is 4.90 Å². The van der Waals surface area contributed by atoms with Crippen LogP contribution in [-0.2, 0) is 10.0 Å². The molecule has 0 fully saturated rings. The molecule has 2 aromatic rings. The molecule has 0 spiro atoms. The van der Waals surface area contributed by atoms with Gasteiger partial charge in [-0.25, -0.2) is 8.42 Å². The summed E-state index contributed by atoms with van der Waals surface area (Å²) in [4.78, 5) is 12.9. The highest BCUT2D eigenvalue weighted by molar-refractivity contribution is 7.89. The molecule has 1 aromatic carbocycles. The maximum Gasteiger partial charge on any atom is 0.278 e. The van der Waals surface area contributed by atoms with Gasteiger partial charge in [-0.15, -0.1) is 0 Å². The number of ether oxygens (including phenoxy) is 1. The van der Waals surface area contributed by atoms with Gasteiger partial charge in [-0.3, -0.25) is 4.79 Å². The normalized spacial score (nSPS) is 11.8. The van der Waals surface area contributed by atoms with Crippen LogP contribution in [0.5, 0.6) is 5.75 Å². The third-order valence-electron chi connectivity index (χ3n) is 4.04. The van der Waals surface area contributed by atoms with E-state index in [1.54, 1.807) is 52.0 Å². The number of sulfonamides is 1. The highest BCUT2D eigenvalue weighted by atomic mass is 32.2. The van der Waals surface area contributed by atoms with Gasteiger partial charge in [0.05, 0.1) is 18.5 Å². The zero-order chi connectivity index (χ0) is 18.8. The molecule has 0 atom stereocenters. The molecule has 8 heteroatoms. The largest absolute Gasteiger partial charge is 0.497 e. The number of carbonyl (C=O) groups is 1. The zero-order valence-corrected chi connectivity index (χ0v) is 15.9. The van der Waals surface area contributed by atoms with Gasteiger partial charge in [0.25, 0.3) is 5.91 Å². The Kier molecular flexibility index (Phi) is 5.64. The van der Waals surface area contributed by atoms with E-state index in [1.807, 2.05) is 0 Å². The summed E-state index contributed by atoms with van der Waals surface area (Å²) in [6.45, 7) is 7.45. The van der Waals surface area contributed by atoms with Crippen molar-refractivity contribution in [2.75, 3.05) is 20.2 Å². The van der Waals surface area contributed by atoms with Crippen molar-refractivity contribution in [1.29, 1.82) is 0 Å². The Morgan fingerprint density at radius 1 is 1.24 bits per heavy atom. The summed E-state index contributed by atoms with van der Waals surface area (Å²) >= 11 is 0. The molecule has 0 unspecified atom stereocenters. The minimum Gasteiger partial charge on any atom is -0.497 e. The summed E-state index contributed by atoms with van der Waals surface area (Å²) in [7, 11) is -2.18. The molecule has 0 aliphatic carbocycles. The average Bonchev–Trinajstić information content (AvgIpc) is 2.90. The highest BCUT2D eigenvalue weighted by Crippen LogP contribution is 2.24. The van der Waals surface area contributed by atoms with Crippen LogP contribution in [0.15, 0.2) is 29.2 Å². The molecule has 1 aromatic heterocycles. The predicted molar refractivity (Wildman–Crippen MR) is 94.5 cm³/mol. The molecule has 2 rings (SSSR count). The van der Waals surface area contributed by atoms with Crippen molar-refractivity contribution >= 4 is 15.9 Å². The van der Waals surface area contributed by atoms with Gasteiger partial charge in [-0.2, -0.15) is 14.1 Å². The van der Waals surface area contributed by atoms with Gasteiger partial charge in [-0.1, -0.05) is 19.9 Å². The van der Waals surface area contributed by atoms with Crippen LogP contribution in [0, 0.1) is 13.8 Å². The van der Waals surface area contributed by atoms with Gasteiger partial charge in [0.1, 0.15) is 10.6 Å². The van der Waals surface area contributed by atoms with Gasteiger partial charge in [0, 0.05) is 18.7 Å². The smallest absolute Gasteiger partial charge is 0.278 e. The van der Waals surface area contributed by atoms with Crippen LogP contribution in [0.25, 0.3) is 0 Å². The Morgan fingerprint density at radius 2 is 1.88 bits per heavy atom. The van der Waals surface area contributed by atoms with Crippen LogP contribution in [0.1, 0.15) is 35.6 Å². The first kappa shape index (κ1) is 19.1. The first-order valence-electron chi connectivity index (χ1n) is 8.03. The quantitative estimate of drug-likeness (QED) is 0.784. The van der Waals surface area contributed by atoms with Crippen molar-refractivity contribution in [3.05, 3.63) is 41.2 Å². The summed E-state index contributed by atoms with van der Waals surface area (Å²) < 4.78 is 33.3. The maximum atomic E-state index is 12.9. The Hall–Kier alpha value is -2.19. The SMILES string of the molecule is CCN(CC)S(=O)(=O)c1c(C)nn(C(=O)c2cccc(OC)c2)c1C. The molecule has 136 valence electrons. The lowest BCUT2D eigenvalue weighted by Gasteiger charge is -2.18. The Bertz CT molecular complexity index is 883. The van der Waals surface area contributed by atoms with E-state index in [1.165, 1.54) is 11.4 Å². The first-order valence-corrected chi connectivity index (χ1v) is 9.47. The summed E-state index contributed by atoms with van der Waals surface area (Å²) in [6.07, 6.45) is 0. The molecule has 0 radical (unpaired) electrons. The molecule has 0 N–H and O–H groups in total. The molecule has 0 bridgehead atoms. The van der Waals surface area contributed by atoms with E-state index in [0.29, 0.717) is 35.8 Å². The highest BCUT2D eigenvalue weighted by Gasteiger charge is 2.30. The second-order valence-corrected chi connectivity index (χ2v) is 7.41. The van der Waals surface area contributed by atoms with Crippen molar-refractivity contribution in [3.63, 3.8) is 0 Å². The van der Waals surface area contributed by atoms with Gasteiger partial charge >= 0.3 is 0 Å². The summed E-state index contributed by atoms with van der Waals surface area (Å²) in [5, 5.41) is 4.18. The number of aromatic nitrogens is 2. The predicted octanol–water partition coefficient (Wildman–Crippen LogP) is 2.23. The third-order valence-corrected chi connectivity index (χ3v) is 6.34. The van der Waals surface area contributed by atoms with Crippen molar-refractivity contribution in [3.8, 4) is 5.75 Å². The molecule has 25 heavy (non-hydrogen) atoms. The fraction of sp³-hybridized carbons (Fsp3) is 0.412. The molecule has 0 saturated heterocycles. The molecule has 0 aliphatic heterocycles. The molecule has 0 amide bonds. The molecule has 7 nitrogen and oxygen atoms in total. The van der Waals surface area contributed by atoms with Crippen LogP contribution in [0.3, 0.4) is 0 Å². The fourth-order valence-corrected chi connectivity index (χ4v) is 4.58. The number of rotatable bonds is 6. The number of nitrogens with zero attached hydrogens (tertiary/aromatic N) is 3. The first-order chi connectivity index (χ1) is 11.8. The Morgan fingerprint density at radius 3 is 2.44 bits per heavy atom. The summed E-state index contributed by atoms with van der Waals surface area (Å²) in [5.74, 6) is 0.142. The average molecular weight is 365 g/mol. The number of benzene rings is 1. The van der Waals surface area contributed by atoms with Crippen molar-refractivity contribution in [2.45, 2.75) is 32.6 Å². The Balaban J connectivity index is 2.54. The van der Waals surface area contributed by atoms with Gasteiger partial charge in [0.2, 0.25) is 10.0 Å². The molecule has 0 aliphatic rings. The van der Waals surface area contributed by atoms with E-state index < -0.39 is 15.9 Å². The topological polar surface area (TPSA) is 81.5 Å². The zero-order valence-electron chi connectivity index (χ0n) is 15.1. The number of hydrogen-bond acceptors (Lipinski definition) is 5. The molecule has 0 saturated carbocycles. The number of methoxy groups -OCH3 is 1. The standard InChI is InChI=1S/C17H23N3O4S/c1-6-19(7-2)25(22,23)16-12(3)18-20(13(16)4)17(21)14-9-8-10-15(11-14)24-5/h8-11H,6-7H2,1-5H3. The van der Waals surface area contributed by atoms with Crippen LogP contribution in [-0.4, -0.2) is 48.6 Å². The molecular weight excluding hydrogens is 342 g/mol. The maximum absolute atomic E-state index is 12.9. The van der Waals surface area contributed by atoms with E-state index in [9.17, 15) is 13.2 Å². The lowest BCUT2D eigenvalue weighted by atomic mass is 10.2. The van der Waals surface area contributed by atoms with E-state index in [4.69, 9.17) is 4.74 Å².